The van der Waals surface area contributed by atoms with Crippen molar-refractivity contribution in [2.24, 2.45) is 17.8 Å². The molecule has 3 rings (SSSR count). The molecule has 0 saturated heterocycles. The van der Waals surface area contributed by atoms with Crippen molar-refractivity contribution in [3.63, 3.8) is 0 Å². The van der Waals surface area contributed by atoms with E-state index in [0.29, 0.717) is 11.8 Å². The van der Waals surface area contributed by atoms with Gasteiger partial charge in [-0.3, -0.25) is 0 Å². The second-order valence-electron chi connectivity index (χ2n) is 6.25. The van der Waals surface area contributed by atoms with Gasteiger partial charge in [0.05, 0.1) is 6.10 Å². The zero-order valence-corrected chi connectivity index (χ0v) is 10.8. The molecule has 17 heavy (non-hydrogen) atoms. The fourth-order valence-corrected chi connectivity index (χ4v) is 3.37. The summed E-state index contributed by atoms with van der Waals surface area (Å²) in [6, 6.07) is 8.56. The van der Waals surface area contributed by atoms with E-state index in [0.717, 1.165) is 17.4 Å². The van der Waals surface area contributed by atoms with E-state index < -0.39 is 0 Å². The number of benzene rings is 1. The molecule has 0 radical (unpaired) electrons. The van der Waals surface area contributed by atoms with E-state index in [1.54, 1.807) is 0 Å². The second kappa shape index (κ2) is 4.13. The summed E-state index contributed by atoms with van der Waals surface area (Å²) in [6.07, 6.45) is 3.69. The van der Waals surface area contributed by atoms with Gasteiger partial charge in [-0.2, -0.15) is 0 Å². The van der Waals surface area contributed by atoms with Crippen molar-refractivity contribution in [1.29, 1.82) is 0 Å². The molecular weight excluding hydrogens is 208 g/mol. The molecule has 0 heterocycles. The molecule has 1 aromatic carbocycles. The van der Waals surface area contributed by atoms with Gasteiger partial charge in [-0.05, 0) is 54.1 Å². The minimum Gasteiger partial charge on any atom is -0.388 e. The van der Waals surface area contributed by atoms with Crippen molar-refractivity contribution in [2.45, 2.75) is 45.1 Å². The van der Waals surface area contributed by atoms with Crippen molar-refractivity contribution in [1.82, 2.24) is 0 Å². The first-order valence-corrected chi connectivity index (χ1v) is 6.93. The highest BCUT2D eigenvalue weighted by Gasteiger charge is 2.47. The molecule has 2 saturated carbocycles. The number of aliphatic hydroxyl groups excluding tert-OH is 1. The van der Waals surface area contributed by atoms with Crippen LogP contribution in [-0.4, -0.2) is 5.11 Å². The van der Waals surface area contributed by atoms with E-state index in [1.807, 2.05) is 0 Å². The molecule has 1 heteroatoms. The molecular formula is C16H22O. The minimum absolute atomic E-state index is 0.232. The molecule has 1 N–H and O–H groups in total. The van der Waals surface area contributed by atoms with Crippen LogP contribution in [0.25, 0.3) is 0 Å². The summed E-state index contributed by atoms with van der Waals surface area (Å²) in [5.41, 5.74) is 2.47. The lowest BCUT2D eigenvalue weighted by molar-refractivity contribution is 0.104. The van der Waals surface area contributed by atoms with Crippen LogP contribution in [0.4, 0.5) is 0 Å². The van der Waals surface area contributed by atoms with E-state index in [-0.39, 0.29) is 6.10 Å². The monoisotopic (exact) mass is 230 g/mol. The van der Waals surface area contributed by atoms with Crippen LogP contribution in [0.5, 0.6) is 0 Å². The molecule has 0 aliphatic heterocycles. The highest BCUT2D eigenvalue weighted by molar-refractivity contribution is 5.26. The Morgan fingerprint density at radius 2 is 1.47 bits per heavy atom. The van der Waals surface area contributed by atoms with Gasteiger partial charge in [-0.15, -0.1) is 0 Å². The lowest BCUT2D eigenvalue weighted by Gasteiger charge is -2.20. The number of rotatable bonds is 3. The molecule has 0 spiro atoms. The van der Waals surface area contributed by atoms with E-state index in [1.165, 1.54) is 24.8 Å². The van der Waals surface area contributed by atoms with Gasteiger partial charge >= 0.3 is 0 Å². The predicted molar refractivity (Wildman–Crippen MR) is 69.8 cm³/mol. The first kappa shape index (κ1) is 11.3. The third kappa shape index (κ3) is 2.13. The van der Waals surface area contributed by atoms with Crippen molar-refractivity contribution in [2.75, 3.05) is 0 Å². The van der Waals surface area contributed by atoms with Gasteiger partial charge in [0, 0.05) is 0 Å². The summed E-state index contributed by atoms with van der Waals surface area (Å²) in [5, 5.41) is 10.4. The van der Waals surface area contributed by atoms with E-state index >= 15 is 0 Å². The molecule has 0 amide bonds. The van der Waals surface area contributed by atoms with Crippen LogP contribution >= 0.6 is 0 Å². The average molecular weight is 230 g/mol. The lowest BCUT2D eigenvalue weighted by Crippen LogP contribution is -2.11. The minimum atomic E-state index is -0.232. The highest BCUT2D eigenvalue weighted by Crippen LogP contribution is 2.57. The van der Waals surface area contributed by atoms with E-state index in [4.69, 9.17) is 0 Å². The van der Waals surface area contributed by atoms with E-state index in [9.17, 15) is 5.11 Å². The van der Waals surface area contributed by atoms with Crippen LogP contribution in [0, 0.1) is 17.8 Å². The lowest BCUT2D eigenvalue weighted by atomic mass is 9.90. The molecule has 92 valence electrons. The maximum absolute atomic E-state index is 10.4. The van der Waals surface area contributed by atoms with Crippen LogP contribution in [0.15, 0.2) is 24.3 Å². The Hall–Kier alpha value is -0.820. The van der Waals surface area contributed by atoms with Crippen LogP contribution in [0.1, 0.15) is 56.3 Å². The zero-order chi connectivity index (χ0) is 12.0. The molecule has 1 nitrogen and oxygen atoms in total. The molecule has 3 unspecified atom stereocenters. The third-order valence-corrected chi connectivity index (χ3v) is 4.67. The summed E-state index contributed by atoms with van der Waals surface area (Å²) >= 11 is 0. The van der Waals surface area contributed by atoms with Gasteiger partial charge in [0.2, 0.25) is 0 Å². The Labute approximate surface area is 104 Å². The largest absolute Gasteiger partial charge is 0.388 e. The van der Waals surface area contributed by atoms with Gasteiger partial charge in [-0.1, -0.05) is 38.1 Å². The Morgan fingerprint density at radius 3 is 2.00 bits per heavy atom. The Balaban J connectivity index is 1.70. The van der Waals surface area contributed by atoms with Gasteiger partial charge in [0.15, 0.2) is 0 Å². The van der Waals surface area contributed by atoms with Crippen LogP contribution in [-0.2, 0) is 0 Å². The fourth-order valence-electron chi connectivity index (χ4n) is 3.37. The van der Waals surface area contributed by atoms with Gasteiger partial charge < -0.3 is 5.11 Å². The van der Waals surface area contributed by atoms with Gasteiger partial charge in [-0.25, -0.2) is 0 Å². The quantitative estimate of drug-likeness (QED) is 0.835. The summed E-state index contributed by atoms with van der Waals surface area (Å²) < 4.78 is 0. The predicted octanol–water partition coefficient (Wildman–Crippen LogP) is 3.89. The SMILES string of the molecule is CC(C)c1ccc(C(O)C2CC3CC3C2)cc1. The van der Waals surface area contributed by atoms with Gasteiger partial charge in [0.1, 0.15) is 0 Å². The van der Waals surface area contributed by atoms with Crippen LogP contribution < -0.4 is 0 Å². The Bertz CT molecular complexity index is 382. The summed E-state index contributed by atoms with van der Waals surface area (Å²) in [7, 11) is 0. The number of aliphatic hydroxyl groups is 1. The molecule has 1 aromatic rings. The van der Waals surface area contributed by atoms with Crippen molar-refractivity contribution in [3.05, 3.63) is 35.4 Å². The number of fused-ring (bicyclic) bond motifs is 1. The molecule has 2 fully saturated rings. The van der Waals surface area contributed by atoms with E-state index in [2.05, 4.69) is 38.1 Å². The topological polar surface area (TPSA) is 20.2 Å². The second-order valence-corrected chi connectivity index (χ2v) is 6.25. The molecule has 0 aromatic heterocycles. The van der Waals surface area contributed by atoms with Gasteiger partial charge in [0.25, 0.3) is 0 Å². The fraction of sp³-hybridized carbons (Fsp3) is 0.625. The molecule has 2 aliphatic carbocycles. The average Bonchev–Trinajstić information content (AvgIpc) is 2.95. The smallest absolute Gasteiger partial charge is 0.0818 e. The first-order chi connectivity index (χ1) is 8.15. The number of hydrogen-bond donors (Lipinski definition) is 1. The third-order valence-electron chi connectivity index (χ3n) is 4.67. The first-order valence-electron chi connectivity index (χ1n) is 6.93. The summed E-state index contributed by atoms with van der Waals surface area (Å²) in [4.78, 5) is 0. The van der Waals surface area contributed by atoms with Crippen molar-refractivity contribution >= 4 is 0 Å². The molecule has 3 atom stereocenters. The Morgan fingerprint density at radius 1 is 0.941 bits per heavy atom. The zero-order valence-electron chi connectivity index (χ0n) is 10.8. The van der Waals surface area contributed by atoms with Crippen molar-refractivity contribution in [3.8, 4) is 0 Å². The maximum atomic E-state index is 10.4. The van der Waals surface area contributed by atoms with Crippen molar-refractivity contribution < 1.29 is 5.11 Å². The summed E-state index contributed by atoms with van der Waals surface area (Å²) in [6.45, 7) is 4.41. The van der Waals surface area contributed by atoms with Crippen LogP contribution in [0.3, 0.4) is 0 Å². The van der Waals surface area contributed by atoms with Crippen LogP contribution in [0.2, 0.25) is 0 Å². The standard InChI is InChI=1S/C16H22O/c1-10(2)11-3-5-12(6-4-11)16(17)15-8-13-7-14(13)9-15/h3-6,10,13-17H,7-9H2,1-2H3. The summed E-state index contributed by atoms with van der Waals surface area (Å²) in [5.74, 6) is 2.98. The molecule has 2 aliphatic rings. The maximum Gasteiger partial charge on any atom is 0.0818 e. The Kier molecular flexibility index (Phi) is 2.74. The number of hydrogen-bond acceptors (Lipinski definition) is 1. The molecule has 0 bridgehead atoms. The normalized spacial score (nSPS) is 32.6. The highest BCUT2D eigenvalue weighted by atomic mass is 16.3.